The average Bonchev–Trinajstić information content (AvgIpc) is 2.69. The summed E-state index contributed by atoms with van der Waals surface area (Å²) in [6, 6.07) is 14.1. The summed E-state index contributed by atoms with van der Waals surface area (Å²) in [7, 11) is 3.12. The van der Waals surface area contributed by atoms with Gasteiger partial charge in [0.2, 0.25) is 0 Å². The summed E-state index contributed by atoms with van der Waals surface area (Å²) in [4.78, 5) is 23.5. The highest BCUT2D eigenvalue weighted by molar-refractivity contribution is 5.93. The SMILES string of the molecule is COc1ccc(OCC(=O)NNC(=O)/C=C/c2ccccc2OC)cc1. The number of hydrazine groups is 1. The zero-order valence-corrected chi connectivity index (χ0v) is 14.5. The molecule has 0 radical (unpaired) electrons. The second-order valence-corrected chi connectivity index (χ2v) is 5.08. The Labute approximate surface area is 151 Å². The van der Waals surface area contributed by atoms with E-state index in [2.05, 4.69) is 10.9 Å². The van der Waals surface area contributed by atoms with Crippen molar-refractivity contribution in [3.05, 3.63) is 60.2 Å². The maximum atomic E-state index is 11.8. The molecule has 2 aromatic rings. The smallest absolute Gasteiger partial charge is 0.276 e. The molecule has 0 unspecified atom stereocenters. The molecule has 2 rings (SSSR count). The zero-order chi connectivity index (χ0) is 18.8. The van der Waals surface area contributed by atoms with Gasteiger partial charge in [-0.25, -0.2) is 0 Å². The van der Waals surface area contributed by atoms with Crippen LogP contribution in [0.25, 0.3) is 6.08 Å². The third-order valence-corrected chi connectivity index (χ3v) is 3.31. The molecule has 7 nitrogen and oxygen atoms in total. The molecule has 7 heteroatoms. The maximum Gasteiger partial charge on any atom is 0.276 e. The van der Waals surface area contributed by atoms with E-state index in [9.17, 15) is 9.59 Å². The van der Waals surface area contributed by atoms with Crippen LogP contribution in [-0.2, 0) is 9.59 Å². The Morgan fingerprint density at radius 3 is 2.31 bits per heavy atom. The number of carbonyl (C=O) groups excluding carboxylic acids is 2. The van der Waals surface area contributed by atoms with Gasteiger partial charge in [-0.1, -0.05) is 18.2 Å². The van der Waals surface area contributed by atoms with Crippen molar-refractivity contribution in [2.75, 3.05) is 20.8 Å². The second-order valence-electron chi connectivity index (χ2n) is 5.08. The monoisotopic (exact) mass is 356 g/mol. The lowest BCUT2D eigenvalue weighted by Gasteiger charge is -2.08. The Kier molecular flexibility index (Phi) is 7.05. The Bertz CT molecular complexity index is 772. The summed E-state index contributed by atoms with van der Waals surface area (Å²) in [5, 5.41) is 0. The van der Waals surface area contributed by atoms with Gasteiger partial charge in [-0.15, -0.1) is 0 Å². The molecule has 0 saturated heterocycles. The summed E-state index contributed by atoms with van der Waals surface area (Å²) >= 11 is 0. The van der Waals surface area contributed by atoms with E-state index in [4.69, 9.17) is 14.2 Å². The van der Waals surface area contributed by atoms with Crippen LogP contribution in [0.15, 0.2) is 54.6 Å². The van der Waals surface area contributed by atoms with Gasteiger partial charge < -0.3 is 14.2 Å². The number of ether oxygens (including phenoxy) is 3. The van der Waals surface area contributed by atoms with Crippen LogP contribution in [0.4, 0.5) is 0 Å². The normalized spacial score (nSPS) is 10.2. The highest BCUT2D eigenvalue weighted by atomic mass is 16.5. The molecule has 0 saturated carbocycles. The molecule has 2 N–H and O–H groups in total. The van der Waals surface area contributed by atoms with Gasteiger partial charge in [-0.2, -0.15) is 0 Å². The van der Waals surface area contributed by atoms with E-state index in [0.717, 1.165) is 5.56 Å². The van der Waals surface area contributed by atoms with Gasteiger partial charge in [0.1, 0.15) is 17.2 Å². The maximum absolute atomic E-state index is 11.8. The van der Waals surface area contributed by atoms with Gasteiger partial charge in [0.05, 0.1) is 14.2 Å². The molecule has 2 amide bonds. The Balaban J connectivity index is 1.75. The van der Waals surface area contributed by atoms with E-state index in [1.807, 2.05) is 18.2 Å². The van der Waals surface area contributed by atoms with E-state index in [1.165, 1.54) is 6.08 Å². The first-order chi connectivity index (χ1) is 12.6. The van der Waals surface area contributed by atoms with Crippen LogP contribution in [0, 0.1) is 0 Å². The van der Waals surface area contributed by atoms with Crippen LogP contribution in [0.3, 0.4) is 0 Å². The molecule has 0 aromatic heterocycles. The number of benzene rings is 2. The molecule has 0 heterocycles. The van der Waals surface area contributed by atoms with Gasteiger partial charge in [-0.3, -0.25) is 20.4 Å². The first-order valence-electron chi connectivity index (χ1n) is 7.79. The van der Waals surface area contributed by atoms with Crippen LogP contribution in [0.1, 0.15) is 5.56 Å². The van der Waals surface area contributed by atoms with Crippen LogP contribution in [-0.4, -0.2) is 32.6 Å². The molecule has 0 fully saturated rings. The number of hydrogen-bond acceptors (Lipinski definition) is 5. The minimum absolute atomic E-state index is 0.233. The topological polar surface area (TPSA) is 85.9 Å². The van der Waals surface area contributed by atoms with Crippen LogP contribution in [0.2, 0.25) is 0 Å². The van der Waals surface area contributed by atoms with Gasteiger partial charge in [0.15, 0.2) is 6.61 Å². The lowest BCUT2D eigenvalue weighted by atomic mass is 10.2. The van der Waals surface area contributed by atoms with Crippen molar-refractivity contribution in [2.24, 2.45) is 0 Å². The molecule has 0 bridgehead atoms. The summed E-state index contributed by atoms with van der Waals surface area (Å²) < 4.78 is 15.5. The predicted molar refractivity (Wildman–Crippen MR) is 96.8 cm³/mol. The quantitative estimate of drug-likeness (QED) is 0.585. The number of carbonyl (C=O) groups is 2. The fraction of sp³-hybridized carbons (Fsp3) is 0.158. The molecule has 0 aliphatic heterocycles. The summed E-state index contributed by atoms with van der Waals surface area (Å²) in [6.45, 7) is -0.233. The van der Waals surface area contributed by atoms with Gasteiger partial charge >= 0.3 is 0 Å². The van der Waals surface area contributed by atoms with E-state index in [-0.39, 0.29) is 6.61 Å². The van der Waals surface area contributed by atoms with E-state index >= 15 is 0 Å². The summed E-state index contributed by atoms with van der Waals surface area (Å²) in [5.74, 6) is 0.890. The molecule has 26 heavy (non-hydrogen) atoms. The fourth-order valence-electron chi connectivity index (χ4n) is 2.00. The Morgan fingerprint density at radius 1 is 0.923 bits per heavy atom. The molecule has 0 atom stereocenters. The standard InChI is InChI=1S/C19H20N2O5/c1-24-15-8-10-16(11-9-15)26-13-19(23)21-20-18(22)12-7-14-5-3-4-6-17(14)25-2/h3-12H,13H2,1-2H3,(H,20,22)(H,21,23)/b12-7+. The van der Waals surface area contributed by atoms with Crippen molar-refractivity contribution in [2.45, 2.75) is 0 Å². The van der Waals surface area contributed by atoms with Gasteiger partial charge in [-0.05, 0) is 36.4 Å². The second kappa shape index (κ2) is 9.73. The lowest BCUT2D eigenvalue weighted by Crippen LogP contribution is -2.43. The number of rotatable bonds is 7. The number of methoxy groups -OCH3 is 2. The third-order valence-electron chi connectivity index (χ3n) is 3.31. The molecule has 2 aromatic carbocycles. The molecule has 0 aliphatic carbocycles. The minimum Gasteiger partial charge on any atom is -0.497 e. The van der Waals surface area contributed by atoms with Crippen molar-refractivity contribution < 1.29 is 23.8 Å². The van der Waals surface area contributed by atoms with Crippen molar-refractivity contribution in [3.63, 3.8) is 0 Å². The number of nitrogens with one attached hydrogen (secondary N) is 2. The van der Waals surface area contributed by atoms with Crippen LogP contribution >= 0.6 is 0 Å². The van der Waals surface area contributed by atoms with Crippen molar-refractivity contribution >= 4 is 17.9 Å². The molecule has 0 spiro atoms. The third kappa shape index (κ3) is 5.86. The Morgan fingerprint density at radius 2 is 1.62 bits per heavy atom. The van der Waals surface area contributed by atoms with Crippen LogP contribution in [0.5, 0.6) is 17.2 Å². The first-order valence-corrected chi connectivity index (χ1v) is 7.79. The zero-order valence-electron chi connectivity index (χ0n) is 14.5. The molecular weight excluding hydrogens is 336 g/mol. The van der Waals surface area contributed by atoms with Crippen molar-refractivity contribution in [1.29, 1.82) is 0 Å². The van der Waals surface area contributed by atoms with Gasteiger partial charge in [0, 0.05) is 11.6 Å². The highest BCUT2D eigenvalue weighted by Crippen LogP contribution is 2.18. The molecule has 136 valence electrons. The van der Waals surface area contributed by atoms with Gasteiger partial charge in [0.25, 0.3) is 11.8 Å². The lowest BCUT2D eigenvalue weighted by molar-refractivity contribution is -0.128. The van der Waals surface area contributed by atoms with E-state index < -0.39 is 11.8 Å². The summed E-state index contributed by atoms with van der Waals surface area (Å²) in [6.07, 6.45) is 2.89. The average molecular weight is 356 g/mol. The van der Waals surface area contributed by atoms with E-state index in [1.54, 1.807) is 50.6 Å². The molecular formula is C19H20N2O5. The number of hydrogen-bond donors (Lipinski definition) is 2. The largest absolute Gasteiger partial charge is 0.497 e. The highest BCUT2D eigenvalue weighted by Gasteiger charge is 2.04. The molecule has 0 aliphatic rings. The van der Waals surface area contributed by atoms with Crippen molar-refractivity contribution in [1.82, 2.24) is 10.9 Å². The fourth-order valence-corrected chi connectivity index (χ4v) is 2.00. The predicted octanol–water partition coefficient (Wildman–Crippen LogP) is 1.94. The summed E-state index contributed by atoms with van der Waals surface area (Å²) in [5.41, 5.74) is 5.30. The minimum atomic E-state index is -0.486. The van der Waals surface area contributed by atoms with Crippen LogP contribution < -0.4 is 25.1 Å². The number of para-hydroxylation sites is 1. The Hall–Kier alpha value is -3.48. The first kappa shape index (κ1) is 18.9. The number of amides is 2. The van der Waals surface area contributed by atoms with Crippen molar-refractivity contribution in [3.8, 4) is 17.2 Å². The van der Waals surface area contributed by atoms with E-state index in [0.29, 0.717) is 17.2 Å².